The molecule has 0 amide bonds. The molecule has 0 aromatic heterocycles. The lowest BCUT2D eigenvalue weighted by molar-refractivity contribution is 0.494. The van der Waals surface area contributed by atoms with Crippen LogP contribution in [0.1, 0.15) is 19.3 Å². The Hall–Kier alpha value is 0.230. The summed E-state index contributed by atoms with van der Waals surface area (Å²) in [6.07, 6.45) is 6.26. The summed E-state index contributed by atoms with van der Waals surface area (Å²) in [6.45, 7) is 1.99. The first kappa shape index (κ1) is 6.91. The Morgan fingerprint density at radius 3 is 2.20 bits per heavy atom. The predicted molar refractivity (Wildman–Crippen MR) is 44.1 cm³/mol. The second-order valence-corrected chi connectivity index (χ2v) is 7.44. The van der Waals surface area contributed by atoms with Crippen LogP contribution < -0.4 is 0 Å². The highest BCUT2D eigenvalue weighted by Gasteiger charge is 2.40. The summed E-state index contributed by atoms with van der Waals surface area (Å²) < 4.78 is 11.6. The van der Waals surface area contributed by atoms with Crippen LogP contribution in [0.4, 0.5) is 0 Å². The van der Waals surface area contributed by atoms with Crippen molar-refractivity contribution in [2.24, 2.45) is 11.8 Å². The third-order valence-corrected chi connectivity index (χ3v) is 5.54. The zero-order chi connectivity index (χ0) is 7.19. The van der Waals surface area contributed by atoms with E-state index in [2.05, 4.69) is 0 Å². The molecule has 2 rings (SSSR count). The lowest BCUT2D eigenvalue weighted by Crippen LogP contribution is -2.01. The molecule has 0 aromatic rings. The van der Waals surface area contributed by atoms with Crippen molar-refractivity contribution in [2.45, 2.75) is 19.3 Å². The molecule has 0 N–H and O–H groups in total. The van der Waals surface area contributed by atoms with E-state index in [4.69, 9.17) is 0 Å². The van der Waals surface area contributed by atoms with Crippen molar-refractivity contribution in [3.8, 4) is 0 Å². The molecule has 0 spiro atoms. The second-order valence-electron chi connectivity index (χ2n) is 4.11. The fourth-order valence-corrected chi connectivity index (χ4v) is 5.76. The smallest absolute Gasteiger partial charge is 0.0854 e. The summed E-state index contributed by atoms with van der Waals surface area (Å²) >= 11 is 0. The minimum absolute atomic E-state index is 0.857. The van der Waals surface area contributed by atoms with Gasteiger partial charge in [0.1, 0.15) is 0 Å². The minimum atomic E-state index is -1.62. The van der Waals surface area contributed by atoms with E-state index in [-0.39, 0.29) is 0 Å². The molecule has 1 heterocycles. The average molecular weight is 158 g/mol. The third kappa shape index (κ3) is 1.05. The molecule has 2 aliphatic rings. The molecule has 2 unspecified atom stereocenters. The monoisotopic (exact) mass is 158 g/mol. The van der Waals surface area contributed by atoms with Crippen LogP contribution in [0, 0.1) is 11.8 Å². The number of hydrogen-bond donors (Lipinski definition) is 0. The first-order valence-corrected chi connectivity index (χ1v) is 6.75. The van der Waals surface area contributed by atoms with Gasteiger partial charge in [-0.05, 0) is 31.3 Å². The highest BCUT2D eigenvalue weighted by Crippen LogP contribution is 2.58. The maximum atomic E-state index is 11.6. The zero-order valence-electron chi connectivity index (χ0n) is 6.55. The van der Waals surface area contributed by atoms with E-state index in [9.17, 15) is 4.57 Å². The molecule has 10 heavy (non-hydrogen) atoms. The normalized spacial score (nSPS) is 53.3. The molecule has 2 heteroatoms. The fourth-order valence-electron chi connectivity index (χ4n) is 2.66. The van der Waals surface area contributed by atoms with E-state index in [0.717, 1.165) is 24.2 Å². The minimum Gasteiger partial charge on any atom is -0.324 e. The highest BCUT2D eigenvalue weighted by molar-refractivity contribution is 7.63. The molecule has 1 aliphatic carbocycles. The van der Waals surface area contributed by atoms with Gasteiger partial charge in [0.2, 0.25) is 0 Å². The van der Waals surface area contributed by atoms with E-state index in [1.807, 2.05) is 6.66 Å². The van der Waals surface area contributed by atoms with Gasteiger partial charge in [-0.3, -0.25) is 0 Å². The molecule has 0 aromatic carbocycles. The Morgan fingerprint density at radius 2 is 1.70 bits per heavy atom. The Bertz CT molecular complexity index is 172. The van der Waals surface area contributed by atoms with Gasteiger partial charge in [-0.25, -0.2) is 0 Å². The molecule has 58 valence electrons. The van der Waals surface area contributed by atoms with Crippen LogP contribution in [-0.4, -0.2) is 19.0 Å². The summed E-state index contributed by atoms with van der Waals surface area (Å²) in [6, 6.07) is 0. The molecule has 2 atom stereocenters. The lowest BCUT2D eigenvalue weighted by Gasteiger charge is -2.03. The third-order valence-electron chi connectivity index (χ3n) is 3.06. The van der Waals surface area contributed by atoms with Gasteiger partial charge in [-0.1, -0.05) is 6.42 Å². The first-order chi connectivity index (χ1) is 4.67. The van der Waals surface area contributed by atoms with Crippen LogP contribution >= 0.6 is 7.14 Å². The maximum absolute atomic E-state index is 11.6. The molecule has 1 nitrogen and oxygen atoms in total. The standard InChI is InChI=1S/C8H15OP/c1-10(9)5-7-3-2-4-8(7)6-10/h7-8H,2-6H2,1H3. The lowest BCUT2D eigenvalue weighted by atomic mass is 10.0. The van der Waals surface area contributed by atoms with E-state index in [1.165, 1.54) is 19.3 Å². The Kier molecular flexibility index (Phi) is 1.46. The van der Waals surface area contributed by atoms with Crippen LogP contribution in [0.3, 0.4) is 0 Å². The Labute approximate surface area is 62.6 Å². The van der Waals surface area contributed by atoms with Crippen molar-refractivity contribution in [1.82, 2.24) is 0 Å². The quantitative estimate of drug-likeness (QED) is 0.495. The van der Waals surface area contributed by atoms with Crippen molar-refractivity contribution in [3.63, 3.8) is 0 Å². The number of fused-ring (bicyclic) bond motifs is 1. The number of hydrogen-bond acceptors (Lipinski definition) is 1. The molecule has 1 saturated heterocycles. The molecule has 1 aliphatic heterocycles. The summed E-state index contributed by atoms with van der Waals surface area (Å²) in [5.41, 5.74) is 0. The van der Waals surface area contributed by atoms with Crippen LogP contribution in [0.15, 0.2) is 0 Å². The molecular formula is C8H15OP. The average Bonchev–Trinajstić information content (AvgIpc) is 2.20. The highest BCUT2D eigenvalue weighted by atomic mass is 31.2. The summed E-state index contributed by atoms with van der Waals surface area (Å²) in [4.78, 5) is 0. The van der Waals surface area contributed by atoms with E-state index < -0.39 is 7.14 Å². The molecule has 1 saturated carbocycles. The molecule has 2 fully saturated rings. The Balaban J connectivity index is 2.14. The van der Waals surface area contributed by atoms with Gasteiger partial charge in [-0.2, -0.15) is 0 Å². The van der Waals surface area contributed by atoms with E-state index in [1.54, 1.807) is 0 Å². The molecule has 0 bridgehead atoms. The van der Waals surface area contributed by atoms with Gasteiger partial charge >= 0.3 is 0 Å². The number of rotatable bonds is 0. The van der Waals surface area contributed by atoms with E-state index in [0.29, 0.717) is 0 Å². The SMILES string of the molecule is CP1(=O)CC2CCCC2C1. The van der Waals surface area contributed by atoms with Crippen LogP contribution in [0.2, 0.25) is 0 Å². The van der Waals surface area contributed by atoms with Gasteiger partial charge in [0.25, 0.3) is 0 Å². The van der Waals surface area contributed by atoms with Crippen molar-refractivity contribution >= 4 is 7.14 Å². The van der Waals surface area contributed by atoms with Crippen molar-refractivity contribution in [3.05, 3.63) is 0 Å². The summed E-state index contributed by atoms with van der Waals surface area (Å²) in [5, 5.41) is 0. The van der Waals surface area contributed by atoms with Gasteiger partial charge in [-0.15, -0.1) is 0 Å². The molecular weight excluding hydrogens is 143 g/mol. The van der Waals surface area contributed by atoms with Crippen LogP contribution in [0.25, 0.3) is 0 Å². The second kappa shape index (κ2) is 2.11. The van der Waals surface area contributed by atoms with Crippen LogP contribution in [0.5, 0.6) is 0 Å². The van der Waals surface area contributed by atoms with Gasteiger partial charge in [0.15, 0.2) is 0 Å². The fraction of sp³-hybridized carbons (Fsp3) is 1.00. The van der Waals surface area contributed by atoms with Gasteiger partial charge < -0.3 is 4.57 Å². The Morgan fingerprint density at radius 1 is 1.20 bits per heavy atom. The van der Waals surface area contributed by atoms with Gasteiger partial charge in [0, 0.05) is 12.3 Å². The van der Waals surface area contributed by atoms with E-state index >= 15 is 0 Å². The van der Waals surface area contributed by atoms with Crippen LogP contribution in [-0.2, 0) is 4.57 Å². The summed E-state index contributed by atoms with van der Waals surface area (Å²) in [7, 11) is -1.62. The first-order valence-electron chi connectivity index (χ1n) is 4.23. The van der Waals surface area contributed by atoms with Gasteiger partial charge in [0.05, 0.1) is 7.14 Å². The zero-order valence-corrected chi connectivity index (χ0v) is 7.44. The maximum Gasteiger partial charge on any atom is 0.0854 e. The topological polar surface area (TPSA) is 17.1 Å². The molecule has 0 radical (unpaired) electrons. The largest absolute Gasteiger partial charge is 0.324 e. The van der Waals surface area contributed by atoms with Crippen molar-refractivity contribution < 1.29 is 4.57 Å². The summed E-state index contributed by atoms with van der Waals surface area (Å²) in [5.74, 6) is 1.71. The van der Waals surface area contributed by atoms with Crippen molar-refractivity contribution in [2.75, 3.05) is 19.0 Å². The van der Waals surface area contributed by atoms with Crippen molar-refractivity contribution in [1.29, 1.82) is 0 Å². The predicted octanol–water partition coefficient (Wildman–Crippen LogP) is 2.41.